The number of ether oxygens (including phenoxy) is 1. The van der Waals surface area contributed by atoms with Crippen molar-refractivity contribution in [1.29, 1.82) is 0 Å². The van der Waals surface area contributed by atoms with Crippen molar-refractivity contribution in [1.82, 2.24) is 5.32 Å². The lowest BCUT2D eigenvalue weighted by Crippen LogP contribution is -2.43. The van der Waals surface area contributed by atoms with E-state index in [1.54, 1.807) is 11.8 Å². The smallest absolute Gasteiger partial charge is 0.246 e. The summed E-state index contributed by atoms with van der Waals surface area (Å²) in [5.41, 5.74) is 0. The van der Waals surface area contributed by atoms with Crippen molar-refractivity contribution in [2.24, 2.45) is 0 Å². The van der Waals surface area contributed by atoms with Gasteiger partial charge in [0.25, 0.3) is 0 Å². The van der Waals surface area contributed by atoms with E-state index in [-0.39, 0.29) is 24.3 Å². The number of Topliss-reactive ketones (excluding diaryl/α,β-unsaturated/α-hetero) is 1. The molecule has 0 aliphatic heterocycles. The first-order valence-electron chi connectivity index (χ1n) is 5.07. The molecular formula is C10H19NO3S. The van der Waals surface area contributed by atoms with E-state index in [1.165, 1.54) is 6.92 Å². The highest BCUT2D eigenvalue weighted by atomic mass is 32.2. The largest absolute Gasteiger partial charge is 0.372 e. The first-order chi connectivity index (χ1) is 7.11. The van der Waals surface area contributed by atoms with Crippen LogP contribution in [-0.4, -0.2) is 42.5 Å². The van der Waals surface area contributed by atoms with E-state index in [9.17, 15) is 9.59 Å². The van der Waals surface area contributed by atoms with Gasteiger partial charge in [0.05, 0.1) is 6.04 Å². The molecule has 0 aliphatic carbocycles. The molecule has 1 unspecified atom stereocenters. The van der Waals surface area contributed by atoms with Gasteiger partial charge < -0.3 is 10.1 Å². The maximum Gasteiger partial charge on any atom is 0.246 e. The van der Waals surface area contributed by atoms with E-state index in [2.05, 4.69) is 5.32 Å². The Bertz CT molecular complexity index is 209. The van der Waals surface area contributed by atoms with Gasteiger partial charge in [-0.05, 0) is 19.6 Å². The van der Waals surface area contributed by atoms with Crippen molar-refractivity contribution < 1.29 is 14.3 Å². The summed E-state index contributed by atoms with van der Waals surface area (Å²) in [4.78, 5) is 22.5. The van der Waals surface area contributed by atoms with Crippen LogP contribution in [0.5, 0.6) is 0 Å². The molecular weight excluding hydrogens is 214 g/mol. The Morgan fingerprint density at radius 1 is 1.40 bits per heavy atom. The minimum absolute atomic E-state index is 0.0131. The molecule has 0 rings (SSSR count). The Kier molecular flexibility index (Phi) is 8.41. The van der Waals surface area contributed by atoms with E-state index in [1.807, 2.05) is 13.8 Å². The fraction of sp³-hybridized carbons (Fsp3) is 0.800. The number of carbonyl (C=O) groups excluding carboxylic acids is 2. The number of rotatable bonds is 8. The molecule has 15 heavy (non-hydrogen) atoms. The molecule has 0 saturated carbocycles. The van der Waals surface area contributed by atoms with Gasteiger partial charge in [0.1, 0.15) is 6.61 Å². The Hall–Kier alpha value is -0.550. The van der Waals surface area contributed by atoms with Crippen LogP contribution in [0.15, 0.2) is 0 Å². The molecule has 5 heteroatoms. The van der Waals surface area contributed by atoms with E-state index < -0.39 is 0 Å². The molecule has 0 fully saturated rings. The summed E-state index contributed by atoms with van der Waals surface area (Å²) >= 11 is 1.63. The van der Waals surface area contributed by atoms with Crippen molar-refractivity contribution in [3.8, 4) is 0 Å². The monoisotopic (exact) mass is 233 g/mol. The predicted molar refractivity (Wildman–Crippen MR) is 62.1 cm³/mol. The minimum atomic E-state index is -0.386. The molecule has 0 spiro atoms. The normalized spacial score (nSPS) is 12.2. The molecule has 88 valence electrons. The van der Waals surface area contributed by atoms with Crippen molar-refractivity contribution >= 4 is 23.5 Å². The van der Waals surface area contributed by atoms with Crippen LogP contribution in [0.2, 0.25) is 0 Å². The second-order valence-corrected chi connectivity index (χ2v) is 4.35. The lowest BCUT2D eigenvalue weighted by molar-refractivity contribution is -0.129. The van der Waals surface area contributed by atoms with Gasteiger partial charge in [-0.3, -0.25) is 9.59 Å². The van der Waals surface area contributed by atoms with Crippen LogP contribution in [0.4, 0.5) is 0 Å². The van der Waals surface area contributed by atoms with Crippen molar-refractivity contribution in [2.75, 3.05) is 24.7 Å². The average molecular weight is 233 g/mol. The number of thioether (sulfide) groups is 1. The zero-order valence-corrected chi connectivity index (χ0v) is 10.4. The molecule has 0 radical (unpaired) electrons. The first-order valence-corrected chi connectivity index (χ1v) is 6.22. The molecule has 0 heterocycles. The maximum absolute atomic E-state index is 11.3. The number of carbonyl (C=O) groups is 2. The van der Waals surface area contributed by atoms with E-state index in [4.69, 9.17) is 4.74 Å². The van der Waals surface area contributed by atoms with Gasteiger partial charge in [-0.25, -0.2) is 0 Å². The predicted octanol–water partition coefficient (Wildman–Crippen LogP) is 0.850. The zero-order valence-electron chi connectivity index (χ0n) is 9.54. The molecule has 0 aliphatic rings. The molecule has 1 amide bonds. The Balaban J connectivity index is 3.93. The Labute approximate surface area is 95.1 Å². The third-order valence-corrected chi connectivity index (χ3v) is 2.73. The van der Waals surface area contributed by atoms with Gasteiger partial charge in [0.15, 0.2) is 5.78 Å². The lowest BCUT2D eigenvalue weighted by Gasteiger charge is -2.14. The van der Waals surface area contributed by atoms with Crippen LogP contribution >= 0.6 is 11.8 Å². The summed E-state index contributed by atoms with van der Waals surface area (Å²) in [5, 5.41) is 2.65. The van der Waals surface area contributed by atoms with Gasteiger partial charge in [-0.15, -0.1) is 0 Å². The fourth-order valence-electron chi connectivity index (χ4n) is 0.927. The number of nitrogens with one attached hydrogen (secondary N) is 1. The van der Waals surface area contributed by atoms with Gasteiger partial charge in [0.2, 0.25) is 5.91 Å². The highest BCUT2D eigenvalue weighted by molar-refractivity contribution is 7.99. The second-order valence-electron chi connectivity index (χ2n) is 3.03. The summed E-state index contributed by atoms with van der Waals surface area (Å²) in [6.07, 6.45) is 0. The fourth-order valence-corrected chi connectivity index (χ4v) is 1.72. The van der Waals surface area contributed by atoms with Gasteiger partial charge >= 0.3 is 0 Å². The summed E-state index contributed by atoms with van der Waals surface area (Å²) in [7, 11) is 0. The Morgan fingerprint density at radius 2 is 2.07 bits per heavy atom. The maximum atomic E-state index is 11.3. The standard InChI is InChI=1S/C10H19NO3S/c1-4-14-6-10(13)11-9(8(3)12)7-15-5-2/h9H,4-7H2,1-3H3,(H,11,13). The van der Waals surface area contributed by atoms with Crippen LogP contribution in [0.3, 0.4) is 0 Å². The molecule has 0 aromatic rings. The molecule has 0 bridgehead atoms. The highest BCUT2D eigenvalue weighted by Crippen LogP contribution is 2.02. The summed E-state index contributed by atoms with van der Waals surface area (Å²) in [5.74, 6) is 1.32. The molecule has 0 saturated heterocycles. The quantitative estimate of drug-likeness (QED) is 0.675. The lowest BCUT2D eigenvalue weighted by atomic mass is 10.2. The average Bonchev–Trinajstić information content (AvgIpc) is 2.20. The van der Waals surface area contributed by atoms with E-state index >= 15 is 0 Å². The van der Waals surface area contributed by atoms with Crippen molar-refractivity contribution in [3.05, 3.63) is 0 Å². The van der Waals surface area contributed by atoms with Crippen LogP contribution in [-0.2, 0) is 14.3 Å². The Morgan fingerprint density at radius 3 is 2.53 bits per heavy atom. The SMILES string of the molecule is CCOCC(=O)NC(CSCC)C(C)=O. The van der Waals surface area contributed by atoms with E-state index in [0.29, 0.717) is 12.4 Å². The van der Waals surface area contributed by atoms with Crippen LogP contribution < -0.4 is 5.32 Å². The summed E-state index contributed by atoms with van der Waals surface area (Å²) < 4.78 is 4.95. The van der Waals surface area contributed by atoms with Gasteiger partial charge in [0, 0.05) is 12.4 Å². The van der Waals surface area contributed by atoms with Crippen LogP contribution in [0, 0.1) is 0 Å². The van der Waals surface area contributed by atoms with Crippen molar-refractivity contribution in [3.63, 3.8) is 0 Å². The minimum Gasteiger partial charge on any atom is -0.372 e. The third-order valence-electron chi connectivity index (χ3n) is 1.75. The molecule has 0 aromatic heterocycles. The van der Waals surface area contributed by atoms with Crippen LogP contribution in [0.1, 0.15) is 20.8 Å². The summed E-state index contributed by atoms with van der Waals surface area (Å²) in [6, 6.07) is -0.386. The summed E-state index contributed by atoms with van der Waals surface area (Å²) in [6.45, 7) is 5.85. The van der Waals surface area contributed by atoms with Crippen molar-refractivity contribution in [2.45, 2.75) is 26.8 Å². The third kappa shape index (κ3) is 7.39. The molecule has 1 atom stereocenters. The molecule has 4 nitrogen and oxygen atoms in total. The topological polar surface area (TPSA) is 55.4 Å². The second kappa shape index (κ2) is 8.73. The van der Waals surface area contributed by atoms with E-state index in [0.717, 1.165) is 5.75 Å². The number of hydrogen-bond donors (Lipinski definition) is 1. The van der Waals surface area contributed by atoms with Crippen LogP contribution in [0.25, 0.3) is 0 Å². The van der Waals surface area contributed by atoms with Gasteiger partial charge in [-0.1, -0.05) is 6.92 Å². The van der Waals surface area contributed by atoms with Gasteiger partial charge in [-0.2, -0.15) is 11.8 Å². The zero-order chi connectivity index (χ0) is 11.7. The molecule has 1 N–H and O–H groups in total. The molecule has 0 aromatic carbocycles. The number of hydrogen-bond acceptors (Lipinski definition) is 4. The number of ketones is 1. The number of amides is 1. The first kappa shape index (κ1) is 14.5. The highest BCUT2D eigenvalue weighted by Gasteiger charge is 2.16.